The number of nitrogens with zero attached hydrogens (tertiary/aromatic N) is 2. The van der Waals surface area contributed by atoms with Crippen molar-refractivity contribution in [2.24, 2.45) is 5.16 Å². The summed E-state index contributed by atoms with van der Waals surface area (Å²) in [7, 11) is 1.98. The summed E-state index contributed by atoms with van der Waals surface area (Å²) in [5.41, 5.74) is 3.50. The van der Waals surface area contributed by atoms with Crippen LogP contribution in [0.3, 0.4) is 0 Å². The molecule has 158 valence electrons. The van der Waals surface area contributed by atoms with Gasteiger partial charge in [0.15, 0.2) is 6.61 Å². The quantitative estimate of drug-likeness (QED) is 0.517. The number of carbonyl (C=O) groups is 2. The Labute approximate surface area is 177 Å². The van der Waals surface area contributed by atoms with Crippen LogP contribution in [-0.2, 0) is 14.4 Å². The molecule has 0 radical (unpaired) electrons. The molecule has 5 rings (SSSR count). The molecule has 0 saturated carbocycles. The van der Waals surface area contributed by atoms with E-state index in [1.54, 1.807) is 0 Å². The van der Waals surface area contributed by atoms with Gasteiger partial charge in [-0.25, -0.2) is 4.39 Å². The lowest BCUT2D eigenvalue weighted by Gasteiger charge is -2.36. The van der Waals surface area contributed by atoms with Crippen molar-refractivity contribution in [3.8, 4) is 0 Å². The molecule has 1 fully saturated rings. The first-order chi connectivity index (χ1) is 15.0. The summed E-state index contributed by atoms with van der Waals surface area (Å²) >= 11 is 0. The fourth-order valence-corrected chi connectivity index (χ4v) is 4.01. The van der Waals surface area contributed by atoms with Gasteiger partial charge in [0.05, 0.1) is 17.3 Å². The Balaban J connectivity index is 1.45. The van der Waals surface area contributed by atoms with Crippen LogP contribution in [0.25, 0.3) is 5.57 Å². The molecule has 0 bridgehead atoms. The van der Waals surface area contributed by atoms with E-state index in [0.29, 0.717) is 22.7 Å². The van der Waals surface area contributed by atoms with E-state index in [-0.39, 0.29) is 30.0 Å². The van der Waals surface area contributed by atoms with E-state index in [9.17, 15) is 14.0 Å². The molecule has 0 spiro atoms. The highest BCUT2D eigenvalue weighted by atomic mass is 19.1. The Hall–Kier alpha value is -3.72. The third-order valence-corrected chi connectivity index (χ3v) is 5.44. The minimum absolute atomic E-state index is 0.119. The van der Waals surface area contributed by atoms with Crippen LogP contribution in [0.1, 0.15) is 11.1 Å². The molecule has 3 N–H and O–H groups in total. The van der Waals surface area contributed by atoms with Crippen molar-refractivity contribution in [2.75, 3.05) is 37.4 Å². The number of likely N-dealkylation sites (N-methyl/N-ethyl adjacent to an activating group) is 1. The van der Waals surface area contributed by atoms with Crippen molar-refractivity contribution in [2.45, 2.75) is 6.04 Å². The summed E-state index contributed by atoms with van der Waals surface area (Å²) in [4.78, 5) is 32.3. The van der Waals surface area contributed by atoms with Gasteiger partial charge in [-0.2, -0.15) is 0 Å². The highest BCUT2D eigenvalue weighted by Gasteiger charge is 2.34. The lowest BCUT2D eigenvalue weighted by Crippen LogP contribution is -2.58. The molecule has 0 unspecified atom stereocenters. The van der Waals surface area contributed by atoms with E-state index in [2.05, 4.69) is 26.0 Å². The number of anilines is 2. The number of fused-ring (bicyclic) bond motifs is 2. The van der Waals surface area contributed by atoms with Crippen LogP contribution in [0.5, 0.6) is 0 Å². The molecule has 31 heavy (non-hydrogen) atoms. The van der Waals surface area contributed by atoms with Gasteiger partial charge in [0.25, 0.3) is 11.8 Å². The summed E-state index contributed by atoms with van der Waals surface area (Å²) in [5.74, 6) is -1.07. The second-order valence-corrected chi connectivity index (χ2v) is 7.76. The largest absolute Gasteiger partial charge is 0.385 e. The minimum atomic E-state index is -0.447. The number of hydrogen-bond donors (Lipinski definition) is 3. The normalized spacial score (nSPS) is 21.2. The third-order valence-electron chi connectivity index (χ3n) is 5.44. The Morgan fingerprint density at radius 1 is 1.19 bits per heavy atom. The number of carbonyl (C=O) groups excluding carboxylic acids is 2. The zero-order chi connectivity index (χ0) is 21.5. The average Bonchev–Trinajstić information content (AvgIpc) is 3.23. The van der Waals surface area contributed by atoms with Crippen LogP contribution in [0.4, 0.5) is 15.8 Å². The molecule has 0 aliphatic carbocycles. The fourth-order valence-electron chi connectivity index (χ4n) is 4.01. The van der Waals surface area contributed by atoms with Crippen molar-refractivity contribution in [1.29, 1.82) is 0 Å². The highest BCUT2D eigenvalue weighted by molar-refractivity contribution is 6.39. The van der Waals surface area contributed by atoms with E-state index in [1.807, 2.05) is 31.3 Å². The van der Waals surface area contributed by atoms with E-state index >= 15 is 0 Å². The smallest absolute Gasteiger partial charge is 0.261 e. The lowest BCUT2D eigenvalue weighted by atomic mass is 10.0. The number of allylic oxidation sites excluding steroid dienone is 1. The summed E-state index contributed by atoms with van der Waals surface area (Å²) in [6, 6.07) is 11.6. The molecule has 3 aliphatic heterocycles. The fraction of sp³-hybridized carbons (Fsp3) is 0.227. The Morgan fingerprint density at radius 3 is 2.77 bits per heavy atom. The zero-order valence-corrected chi connectivity index (χ0v) is 16.7. The van der Waals surface area contributed by atoms with Crippen molar-refractivity contribution in [3.63, 3.8) is 0 Å². The van der Waals surface area contributed by atoms with Crippen molar-refractivity contribution < 1.29 is 18.8 Å². The highest BCUT2D eigenvalue weighted by Crippen LogP contribution is 2.39. The number of hydrogen-bond acceptors (Lipinski definition) is 6. The second-order valence-electron chi connectivity index (χ2n) is 7.76. The van der Waals surface area contributed by atoms with Crippen LogP contribution in [0.15, 0.2) is 53.3 Å². The number of benzene rings is 2. The topological polar surface area (TPSA) is 95.1 Å². The number of para-hydroxylation sites is 1. The van der Waals surface area contributed by atoms with Crippen LogP contribution in [0.2, 0.25) is 0 Å². The molecule has 8 nitrogen and oxygen atoms in total. The Kier molecular flexibility index (Phi) is 4.67. The van der Waals surface area contributed by atoms with Crippen molar-refractivity contribution >= 4 is 34.5 Å². The first kappa shape index (κ1) is 19.3. The van der Waals surface area contributed by atoms with Gasteiger partial charge in [0.1, 0.15) is 11.5 Å². The van der Waals surface area contributed by atoms with Gasteiger partial charge >= 0.3 is 0 Å². The van der Waals surface area contributed by atoms with Gasteiger partial charge in [-0.05, 0) is 31.3 Å². The van der Waals surface area contributed by atoms with E-state index in [1.165, 1.54) is 18.2 Å². The van der Waals surface area contributed by atoms with Gasteiger partial charge in [-0.1, -0.05) is 23.4 Å². The number of amides is 2. The van der Waals surface area contributed by atoms with Gasteiger partial charge in [0.2, 0.25) is 0 Å². The Bertz CT molecular complexity index is 1150. The van der Waals surface area contributed by atoms with Crippen molar-refractivity contribution in [3.05, 3.63) is 65.1 Å². The van der Waals surface area contributed by atoms with E-state index < -0.39 is 5.82 Å². The summed E-state index contributed by atoms with van der Waals surface area (Å²) in [6.45, 7) is 1.36. The maximum absolute atomic E-state index is 13.9. The van der Waals surface area contributed by atoms with Gasteiger partial charge in [0, 0.05) is 35.6 Å². The van der Waals surface area contributed by atoms with Gasteiger partial charge in [-0.3, -0.25) is 9.59 Å². The first-order valence-electron chi connectivity index (χ1n) is 9.90. The molecule has 3 heterocycles. The predicted octanol–water partition coefficient (Wildman–Crippen LogP) is 1.77. The summed E-state index contributed by atoms with van der Waals surface area (Å²) < 4.78 is 13.9. The minimum Gasteiger partial charge on any atom is -0.385 e. The maximum Gasteiger partial charge on any atom is 0.261 e. The molecule has 2 amide bonds. The van der Waals surface area contributed by atoms with E-state index in [0.717, 1.165) is 24.3 Å². The molecule has 2 aromatic carbocycles. The molecule has 9 heteroatoms. The number of oxime groups is 1. The molecular weight excluding hydrogens is 401 g/mol. The average molecular weight is 421 g/mol. The number of rotatable bonds is 4. The van der Waals surface area contributed by atoms with Crippen molar-refractivity contribution in [1.82, 2.24) is 10.2 Å². The predicted molar refractivity (Wildman–Crippen MR) is 114 cm³/mol. The number of likely N-dealkylation sites (tertiary alicyclic amines) is 1. The maximum atomic E-state index is 13.9. The SMILES string of the molecule is CN1CC(NC(=O)CO/N=C2/C(=C3\C(=O)Nc4ccc(F)cc43)Nc3ccccc32)C1. The summed E-state index contributed by atoms with van der Waals surface area (Å²) in [6.07, 6.45) is 0. The molecule has 0 atom stereocenters. The monoisotopic (exact) mass is 421 g/mol. The molecule has 2 aromatic rings. The van der Waals surface area contributed by atoms with E-state index in [4.69, 9.17) is 4.84 Å². The zero-order valence-electron chi connectivity index (χ0n) is 16.7. The molecule has 3 aliphatic rings. The first-order valence-corrected chi connectivity index (χ1v) is 9.90. The molecule has 1 saturated heterocycles. The number of nitrogens with one attached hydrogen (secondary N) is 3. The number of halogens is 1. The molecule has 0 aromatic heterocycles. The van der Waals surface area contributed by atoms with Gasteiger partial charge < -0.3 is 25.7 Å². The molecular formula is C22H20FN5O3. The second kappa shape index (κ2) is 7.51. The standard InChI is InChI=1S/C22H20FN5O3/c1-28-9-13(10-28)24-18(29)11-31-27-20-14-4-2-3-5-16(14)25-21(20)19-15-8-12(23)6-7-17(15)26-22(19)30/h2-8,13,25H,9-11H2,1H3,(H,24,29)(H,26,30)/b21-19+,27-20+. The van der Waals surface area contributed by atoms with Crippen LogP contribution in [0, 0.1) is 5.82 Å². The lowest BCUT2D eigenvalue weighted by molar-refractivity contribution is -0.127. The van der Waals surface area contributed by atoms with Gasteiger partial charge in [-0.15, -0.1) is 0 Å². The van der Waals surface area contributed by atoms with Crippen LogP contribution < -0.4 is 16.0 Å². The Morgan fingerprint density at radius 2 is 1.97 bits per heavy atom. The third kappa shape index (κ3) is 3.53. The van der Waals surface area contributed by atoms with Crippen LogP contribution >= 0.6 is 0 Å². The summed E-state index contributed by atoms with van der Waals surface area (Å²) in [5, 5.41) is 13.0. The van der Waals surface area contributed by atoms with Crippen LogP contribution in [-0.4, -0.2) is 55.2 Å².